The van der Waals surface area contributed by atoms with Crippen LogP contribution in [0.1, 0.15) is 48.2 Å². The molecule has 0 aliphatic carbocycles. The molecule has 0 spiro atoms. The first-order chi connectivity index (χ1) is 7.50. The average Bonchev–Trinajstić information content (AvgIpc) is 2.16. The minimum Gasteiger partial charge on any atom is -0.478 e. The molecule has 0 aliphatic heterocycles. The van der Waals surface area contributed by atoms with Crippen molar-refractivity contribution in [3.8, 4) is 0 Å². The molecule has 0 bridgehead atoms. The molecule has 0 aromatic heterocycles. The van der Waals surface area contributed by atoms with Crippen molar-refractivity contribution in [2.24, 2.45) is 5.92 Å². The van der Waals surface area contributed by atoms with Crippen LogP contribution in [0.5, 0.6) is 0 Å². The predicted molar refractivity (Wildman–Crippen MR) is 65.9 cm³/mol. The van der Waals surface area contributed by atoms with Gasteiger partial charge in [0, 0.05) is 0 Å². The van der Waals surface area contributed by atoms with Crippen LogP contribution in [0.4, 0.5) is 0 Å². The quantitative estimate of drug-likeness (QED) is 0.822. The predicted octanol–water partition coefficient (Wildman–Crippen LogP) is 3.67. The van der Waals surface area contributed by atoms with Gasteiger partial charge < -0.3 is 5.11 Å². The maximum atomic E-state index is 10.8. The molecular weight excluding hydrogens is 200 g/mol. The van der Waals surface area contributed by atoms with Crippen LogP contribution in [0.15, 0.2) is 18.2 Å². The zero-order valence-corrected chi connectivity index (χ0v) is 10.3. The van der Waals surface area contributed by atoms with Gasteiger partial charge in [0.25, 0.3) is 0 Å². The molecule has 1 aromatic carbocycles. The molecule has 0 unspecified atom stereocenters. The Kier molecular flexibility index (Phi) is 4.53. The summed E-state index contributed by atoms with van der Waals surface area (Å²) in [6.07, 6.45) is 3.43. The van der Waals surface area contributed by atoms with E-state index in [4.69, 9.17) is 5.11 Å². The Morgan fingerprint density at radius 3 is 2.56 bits per heavy atom. The molecule has 2 heteroatoms. The van der Waals surface area contributed by atoms with Gasteiger partial charge >= 0.3 is 5.97 Å². The normalized spacial score (nSPS) is 10.8. The zero-order chi connectivity index (χ0) is 12.1. The second-order valence-electron chi connectivity index (χ2n) is 4.74. The molecule has 16 heavy (non-hydrogen) atoms. The Labute approximate surface area is 97.3 Å². The summed E-state index contributed by atoms with van der Waals surface area (Å²) in [7, 11) is 0. The van der Waals surface area contributed by atoms with E-state index in [1.807, 2.05) is 19.1 Å². The number of rotatable bonds is 5. The molecule has 1 aromatic rings. The Bertz CT molecular complexity index is 367. The second kappa shape index (κ2) is 5.69. The SMILES string of the molecule is Cc1cc(CCCC(C)C)ccc1C(=O)O. The standard InChI is InChI=1S/C14H20O2/c1-10(2)5-4-6-12-7-8-13(14(15)16)11(3)9-12/h7-10H,4-6H2,1-3H3,(H,15,16). The van der Waals surface area contributed by atoms with E-state index in [1.165, 1.54) is 18.4 Å². The highest BCUT2D eigenvalue weighted by atomic mass is 16.4. The molecule has 0 aliphatic rings. The maximum absolute atomic E-state index is 10.8. The first-order valence-electron chi connectivity index (χ1n) is 5.83. The van der Waals surface area contributed by atoms with E-state index in [1.54, 1.807) is 6.07 Å². The summed E-state index contributed by atoms with van der Waals surface area (Å²) in [6, 6.07) is 5.63. The summed E-state index contributed by atoms with van der Waals surface area (Å²) in [5.74, 6) is -0.106. The average molecular weight is 220 g/mol. The summed E-state index contributed by atoms with van der Waals surface area (Å²) in [5, 5.41) is 8.91. The van der Waals surface area contributed by atoms with E-state index in [0.717, 1.165) is 17.9 Å². The van der Waals surface area contributed by atoms with E-state index in [-0.39, 0.29) is 0 Å². The number of aryl methyl sites for hydroxylation is 2. The first-order valence-corrected chi connectivity index (χ1v) is 5.83. The smallest absolute Gasteiger partial charge is 0.335 e. The van der Waals surface area contributed by atoms with Crippen molar-refractivity contribution in [3.63, 3.8) is 0 Å². The van der Waals surface area contributed by atoms with Crippen LogP contribution in [0.2, 0.25) is 0 Å². The highest BCUT2D eigenvalue weighted by molar-refractivity contribution is 5.89. The lowest BCUT2D eigenvalue weighted by Gasteiger charge is -2.07. The lowest BCUT2D eigenvalue weighted by Crippen LogP contribution is -2.00. The molecule has 0 saturated heterocycles. The molecular formula is C14H20O2. The van der Waals surface area contributed by atoms with Crippen molar-refractivity contribution in [2.75, 3.05) is 0 Å². The van der Waals surface area contributed by atoms with Gasteiger partial charge in [-0.3, -0.25) is 0 Å². The van der Waals surface area contributed by atoms with E-state index >= 15 is 0 Å². The number of benzene rings is 1. The van der Waals surface area contributed by atoms with E-state index in [2.05, 4.69) is 13.8 Å². The Balaban J connectivity index is 2.63. The van der Waals surface area contributed by atoms with Gasteiger partial charge in [0.05, 0.1) is 5.56 Å². The third-order valence-electron chi connectivity index (χ3n) is 2.77. The van der Waals surface area contributed by atoms with E-state index < -0.39 is 5.97 Å². The summed E-state index contributed by atoms with van der Waals surface area (Å²) < 4.78 is 0. The molecule has 2 nitrogen and oxygen atoms in total. The van der Waals surface area contributed by atoms with Gasteiger partial charge in [-0.15, -0.1) is 0 Å². The van der Waals surface area contributed by atoms with Crippen LogP contribution in [0.25, 0.3) is 0 Å². The van der Waals surface area contributed by atoms with Crippen molar-refractivity contribution in [1.82, 2.24) is 0 Å². The molecule has 1 rings (SSSR count). The van der Waals surface area contributed by atoms with E-state index in [0.29, 0.717) is 5.56 Å². The Hall–Kier alpha value is -1.31. The minimum atomic E-state index is -0.841. The molecule has 0 heterocycles. The van der Waals surface area contributed by atoms with Crippen LogP contribution >= 0.6 is 0 Å². The number of hydrogen-bond donors (Lipinski definition) is 1. The molecule has 0 atom stereocenters. The fourth-order valence-corrected chi connectivity index (χ4v) is 1.84. The van der Waals surface area contributed by atoms with Crippen molar-refractivity contribution in [3.05, 3.63) is 34.9 Å². The molecule has 0 radical (unpaired) electrons. The largest absolute Gasteiger partial charge is 0.478 e. The first kappa shape index (κ1) is 12.8. The maximum Gasteiger partial charge on any atom is 0.335 e. The third kappa shape index (κ3) is 3.69. The summed E-state index contributed by atoms with van der Waals surface area (Å²) in [6.45, 7) is 6.30. The summed E-state index contributed by atoms with van der Waals surface area (Å²) >= 11 is 0. The third-order valence-corrected chi connectivity index (χ3v) is 2.77. The van der Waals surface area contributed by atoms with Gasteiger partial charge in [-0.1, -0.05) is 32.4 Å². The van der Waals surface area contributed by atoms with Gasteiger partial charge in [0.2, 0.25) is 0 Å². The van der Waals surface area contributed by atoms with Gasteiger partial charge in [0.15, 0.2) is 0 Å². The van der Waals surface area contributed by atoms with Crippen LogP contribution in [-0.2, 0) is 6.42 Å². The molecule has 0 amide bonds. The van der Waals surface area contributed by atoms with E-state index in [9.17, 15) is 4.79 Å². The van der Waals surface area contributed by atoms with Gasteiger partial charge in [-0.05, 0) is 42.9 Å². The highest BCUT2D eigenvalue weighted by Crippen LogP contribution is 2.14. The van der Waals surface area contributed by atoms with Crippen molar-refractivity contribution in [1.29, 1.82) is 0 Å². The van der Waals surface area contributed by atoms with Crippen LogP contribution in [0, 0.1) is 12.8 Å². The topological polar surface area (TPSA) is 37.3 Å². The number of aromatic carboxylic acids is 1. The molecule has 1 N–H and O–H groups in total. The summed E-state index contributed by atoms with van der Waals surface area (Å²) in [4.78, 5) is 10.8. The summed E-state index contributed by atoms with van der Waals surface area (Å²) in [5.41, 5.74) is 2.50. The van der Waals surface area contributed by atoms with Crippen LogP contribution < -0.4 is 0 Å². The Morgan fingerprint density at radius 2 is 2.06 bits per heavy atom. The Morgan fingerprint density at radius 1 is 1.38 bits per heavy atom. The number of carboxylic acid groups (broad SMARTS) is 1. The van der Waals surface area contributed by atoms with Crippen LogP contribution in [-0.4, -0.2) is 11.1 Å². The second-order valence-corrected chi connectivity index (χ2v) is 4.74. The van der Waals surface area contributed by atoms with Gasteiger partial charge in [-0.25, -0.2) is 4.79 Å². The van der Waals surface area contributed by atoms with Gasteiger partial charge in [0.1, 0.15) is 0 Å². The number of carbonyl (C=O) groups is 1. The number of hydrogen-bond acceptors (Lipinski definition) is 1. The lowest BCUT2D eigenvalue weighted by atomic mass is 9.99. The fraction of sp³-hybridized carbons (Fsp3) is 0.500. The van der Waals surface area contributed by atoms with Crippen LogP contribution in [0.3, 0.4) is 0 Å². The molecule has 88 valence electrons. The highest BCUT2D eigenvalue weighted by Gasteiger charge is 2.06. The molecule has 0 fully saturated rings. The zero-order valence-electron chi connectivity index (χ0n) is 10.3. The van der Waals surface area contributed by atoms with Crippen molar-refractivity contribution in [2.45, 2.75) is 40.0 Å². The fourth-order valence-electron chi connectivity index (χ4n) is 1.84. The van der Waals surface area contributed by atoms with Crippen molar-refractivity contribution >= 4 is 5.97 Å². The monoisotopic (exact) mass is 220 g/mol. The minimum absolute atomic E-state index is 0.410. The van der Waals surface area contributed by atoms with Gasteiger partial charge in [-0.2, -0.15) is 0 Å². The van der Waals surface area contributed by atoms with Crippen molar-refractivity contribution < 1.29 is 9.90 Å². The lowest BCUT2D eigenvalue weighted by molar-refractivity contribution is 0.0696. The molecule has 0 saturated carbocycles. The number of carboxylic acids is 1.